The van der Waals surface area contributed by atoms with Gasteiger partial charge in [0, 0.05) is 25.3 Å². The molecule has 8 heteroatoms. The minimum Gasteiger partial charge on any atom is -0.399 e. The highest BCUT2D eigenvalue weighted by molar-refractivity contribution is 9.10. The highest BCUT2D eigenvalue weighted by Crippen LogP contribution is 2.28. The molecule has 21 heavy (non-hydrogen) atoms. The van der Waals surface area contributed by atoms with Crippen LogP contribution in [-0.4, -0.2) is 50.8 Å². The topological polar surface area (TPSA) is 66.6 Å². The lowest BCUT2D eigenvalue weighted by Gasteiger charge is -2.25. The zero-order chi connectivity index (χ0) is 15.8. The van der Waals surface area contributed by atoms with Gasteiger partial charge in [-0.1, -0.05) is 0 Å². The van der Waals surface area contributed by atoms with E-state index in [1.807, 2.05) is 7.05 Å². The molecular weight excluding hydrogens is 361 g/mol. The van der Waals surface area contributed by atoms with E-state index < -0.39 is 20.7 Å². The van der Waals surface area contributed by atoms with Crippen LogP contribution in [0.1, 0.15) is 12.8 Å². The van der Waals surface area contributed by atoms with E-state index in [0.29, 0.717) is 6.54 Å². The molecule has 1 atom stereocenters. The normalized spacial score (nSPS) is 20.3. The first kappa shape index (κ1) is 16.7. The fourth-order valence-electron chi connectivity index (χ4n) is 2.54. The van der Waals surface area contributed by atoms with Crippen LogP contribution >= 0.6 is 15.9 Å². The number of nitrogen functional groups attached to an aromatic ring is 1. The van der Waals surface area contributed by atoms with E-state index in [9.17, 15) is 12.8 Å². The number of hydrogen-bond donors (Lipinski definition) is 1. The van der Waals surface area contributed by atoms with Crippen molar-refractivity contribution >= 4 is 31.6 Å². The first-order chi connectivity index (χ1) is 9.73. The number of likely N-dealkylation sites (tertiary alicyclic amines) is 1. The van der Waals surface area contributed by atoms with Crippen LogP contribution in [0, 0.1) is 5.82 Å². The van der Waals surface area contributed by atoms with Crippen LogP contribution in [-0.2, 0) is 10.0 Å². The Morgan fingerprint density at radius 3 is 2.76 bits per heavy atom. The second-order valence-electron chi connectivity index (χ2n) is 5.38. The number of nitrogens with two attached hydrogens (primary N) is 1. The zero-order valence-corrected chi connectivity index (χ0v) is 14.4. The summed E-state index contributed by atoms with van der Waals surface area (Å²) in [6.45, 7) is 1.29. The molecule has 2 rings (SSSR count). The second kappa shape index (κ2) is 6.20. The first-order valence-electron chi connectivity index (χ1n) is 6.64. The summed E-state index contributed by atoms with van der Waals surface area (Å²) < 4.78 is 40.4. The molecule has 1 saturated heterocycles. The van der Waals surface area contributed by atoms with Crippen molar-refractivity contribution in [2.75, 3.05) is 32.9 Å². The van der Waals surface area contributed by atoms with Crippen molar-refractivity contribution in [3.8, 4) is 0 Å². The Hall–Kier alpha value is -0.700. The van der Waals surface area contributed by atoms with E-state index in [2.05, 4.69) is 20.8 Å². The predicted octanol–water partition coefficient (Wildman–Crippen LogP) is 1.89. The van der Waals surface area contributed by atoms with Gasteiger partial charge in [-0.25, -0.2) is 12.8 Å². The number of sulfonamides is 1. The molecule has 1 unspecified atom stereocenters. The van der Waals surface area contributed by atoms with Crippen LogP contribution in [0.5, 0.6) is 0 Å². The number of rotatable bonds is 4. The molecule has 0 aromatic heterocycles. The van der Waals surface area contributed by atoms with Crippen LogP contribution in [0.4, 0.5) is 10.1 Å². The standard InChI is InChI=1S/C13H19BrFN3O2S/c1-17-5-3-4-10(17)8-18(2)21(19,20)12-7-9(16)6-11(14)13(12)15/h6-7,10H,3-5,8,16H2,1-2H3. The van der Waals surface area contributed by atoms with Gasteiger partial charge < -0.3 is 10.6 Å². The highest BCUT2D eigenvalue weighted by Gasteiger charge is 2.30. The van der Waals surface area contributed by atoms with Crippen molar-refractivity contribution in [1.82, 2.24) is 9.21 Å². The number of halogens is 2. The maximum absolute atomic E-state index is 14.1. The summed E-state index contributed by atoms with van der Waals surface area (Å²) in [5.41, 5.74) is 5.83. The number of hydrogen-bond acceptors (Lipinski definition) is 4. The molecule has 0 saturated carbocycles. The van der Waals surface area contributed by atoms with Crippen molar-refractivity contribution < 1.29 is 12.8 Å². The number of likely N-dealkylation sites (N-methyl/N-ethyl adjacent to an activating group) is 2. The van der Waals surface area contributed by atoms with Gasteiger partial charge in [0.25, 0.3) is 0 Å². The van der Waals surface area contributed by atoms with E-state index in [0.717, 1.165) is 25.5 Å². The third-order valence-electron chi connectivity index (χ3n) is 3.84. The first-order valence-corrected chi connectivity index (χ1v) is 8.88. The van der Waals surface area contributed by atoms with Crippen LogP contribution < -0.4 is 5.73 Å². The minimum atomic E-state index is -3.90. The average Bonchev–Trinajstić information content (AvgIpc) is 2.79. The molecule has 1 aliphatic heterocycles. The molecule has 1 aromatic rings. The molecule has 0 spiro atoms. The molecule has 0 aliphatic carbocycles. The molecule has 0 bridgehead atoms. The lowest BCUT2D eigenvalue weighted by molar-refractivity contribution is 0.270. The zero-order valence-electron chi connectivity index (χ0n) is 12.0. The molecule has 5 nitrogen and oxygen atoms in total. The van der Waals surface area contributed by atoms with Gasteiger partial charge in [0.1, 0.15) is 4.90 Å². The summed E-state index contributed by atoms with van der Waals surface area (Å²) in [6, 6.07) is 2.67. The molecule has 1 aliphatic rings. The van der Waals surface area contributed by atoms with E-state index in [-0.39, 0.29) is 16.2 Å². The lowest BCUT2D eigenvalue weighted by atomic mass is 10.2. The van der Waals surface area contributed by atoms with E-state index in [1.54, 1.807) is 0 Å². The van der Waals surface area contributed by atoms with Gasteiger partial charge in [-0.3, -0.25) is 0 Å². The summed E-state index contributed by atoms with van der Waals surface area (Å²) in [7, 11) is -0.466. The van der Waals surface area contributed by atoms with Gasteiger partial charge in [0.05, 0.1) is 4.47 Å². The van der Waals surface area contributed by atoms with Crippen molar-refractivity contribution in [1.29, 1.82) is 0 Å². The van der Waals surface area contributed by atoms with Crippen LogP contribution in [0.2, 0.25) is 0 Å². The molecular formula is C13H19BrFN3O2S. The molecule has 0 radical (unpaired) electrons. The van der Waals surface area contributed by atoms with Crippen molar-refractivity contribution in [2.24, 2.45) is 0 Å². The van der Waals surface area contributed by atoms with E-state index in [4.69, 9.17) is 5.73 Å². The van der Waals surface area contributed by atoms with Crippen molar-refractivity contribution in [3.05, 3.63) is 22.4 Å². The van der Waals surface area contributed by atoms with Crippen LogP contribution in [0.15, 0.2) is 21.5 Å². The van der Waals surface area contributed by atoms with Gasteiger partial charge in [0.2, 0.25) is 10.0 Å². The second-order valence-corrected chi connectivity index (χ2v) is 8.24. The summed E-state index contributed by atoms with van der Waals surface area (Å²) in [4.78, 5) is 1.73. The smallest absolute Gasteiger partial charge is 0.245 e. The lowest BCUT2D eigenvalue weighted by Crippen LogP contribution is -2.39. The van der Waals surface area contributed by atoms with E-state index >= 15 is 0 Å². The number of anilines is 1. The molecule has 0 amide bonds. The van der Waals surface area contributed by atoms with Crippen molar-refractivity contribution in [2.45, 2.75) is 23.8 Å². The molecule has 118 valence electrons. The SMILES string of the molecule is CN1CCCC1CN(C)S(=O)(=O)c1cc(N)cc(Br)c1F. The van der Waals surface area contributed by atoms with Gasteiger partial charge in [0.15, 0.2) is 5.82 Å². The Morgan fingerprint density at radius 2 is 2.19 bits per heavy atom. The maximum Gasteiger partial charge on any atom is 0.245 e. The highest BCUT2D eigenvalue weighted by atomic mass is 79.9. The minimum absolute atomic E-state index is 0.0486. The largest absolute Gasteiger partial charge is 0.399 e. The Morgan fingerprint density at radius 1 is 1.52 bits per heavy atom. The van der Waals surface area contributed by atoms with Crippen molar-refractivity contribution in [3.63, 3.8) is 0 Å². The average molecular weight is 380 g/mol. The molecule has 2 N–H and O–H groups in total. The Kier molecular flexibility index (Phi) is 4.92. The van der Waals surface area contributed by atoms with E-state index in [1.165, 1.54) is 17.4 Å². The molecule has 1 fully saturated rings. The third-order valence-corrected chi connectivity index (χ3v) is 6.24. The Balaban J connectivity index is 2.29. The number of benzene rings is 1. The summed E-state index contributed by atoms with van der Waals surface area (Å²) in [5.74, 6) is -0.809. The van der Waals surface area contributed by atoms with Gasteiger partial charge >= 0.3 is 0 Å². The predicted molar refractivity (Wildman–Crippen MR) is 84.0 cm³/mol. The van der Waals surface area contributed by atoms with Gasteiger partial charge in [-0.15, -0.1) is 0 Å². The fraction of sp³-hybridized carbons (Fsp3) is 0.538. The van der Waals surface area contributed by atoms with Crippen LogP contribution in [0.3, 0.4) is 0 Å². The monoisotopic (exact) mass is 379 g/mol. The quantitative estimate of drug-likeness (QED) is 0.811. The summed E-state index contributed by atoms with van der Waals surface area (Å²) in [5, 5.41) is 0. The summed E-state index contributed by atoms with van der Waals surface area (Å²) >= 11 is 2.99. The van der Waals surface area contributed by atoms with Crippen LogP contribution in [0.25, 0.3) is 0 Å². The molecule has 1 heterocycles. The maximum atomic E-state index is 14.1. The third kappa shape index (κ3) is 3.39. The Bertz CT molecular complexity index is 639. The Labute approximate surface area is 133 Å². The number of nitrogens with zero attached hydrogens (tertiary/aromatic N) is 2. The van der Waals surface area contributed by atoms with Gasteiger partial charge in [-0.2, -0.15) is 4.31 Å². The van der Waals surface area contributed by atoms with Gasteiger partial charge in [-0.05, 0) is 54.5 Å². The summed E-state index contributed by atoms with van der Waals surface area (Å²) in [6.07, 6.45) is 1.99. The molecule has 1 aromatic carbocycles. The fourth-order valence-corrected chi connectivity index (χ4v) is 4.48.